The summed E-state index contributed by atoms with van der Waals surface area (Å²) in [6.45, 7) is 5.86. The molecular formula is C24H25ClN2O4S. The summed E-state index contributed by atoms with van der Waals surface area (Å²) < 4.78 is 33.5. The molecule has 0 saturated carbocycles. The second-order valence-electron chi connectivity index (χ2n) is 7.39. The first-order valence-electron chi connectivity index (χ1n) is 10.1. The van der Waals surface area contributed by atoms with Gasteiger partial charge in [0.1, 0.15) is 5.75 Å². The summed E-state index contributed by atoms with van der Waals surface area (Å²) in [5, 5.41) is 3.29. The maximum absolute atomic E-state index is 12.7. The standard InChI is InChI=1S/C24H25ClN2O4S/c1-4-23(31-21-12-5-16(2)17(3)15-21)24(28)26-19-10-13-22(14-11-19)32(29,30)27-20-8-6-18(25)7-9-20/h5-15,23,27H,4H2,1-3H3,(H,26,28)/t23-/m1/s1. The fourth-order valence-corrected chi connectivity index (χ4v) is 4.13. The number of rotatable bonds is 8. The maximum Gasteiger partial charge on any atom is 0.265 e. The Kier molecular flexibility index (Phi) is 7.43. The molecule has 0 aromatic heterocycles. The molecule has 0 spiro atoms. The molecule has 3 aromatic carbocycles. The molecular weight excluding hydrogens is 448 g/mol. The van der Waals surface area contributed by atoms with E-state index in [1.165, 1.54) is 24.3 Å². The van der Waals surface area contributed by atoms with Crippen LogP contribution in [0.5, 0.6) is 5.75 Å². The van der Waals surface area contributed by atoms with Crippen molar-refractivity contribution in [3.8, 4) is 5.75 Å². The molecule has 3 aromatic rings. The van der Waals surface area contributed by atoms with Gasteiger partial charge in [-0.1, -0.05) is 24.6 Å². The van der Waals surface area contributed by atoms with Crippen molar-refractivity contribution in [1.82, 2.24) is 0 Å². The molecule has 0 heterocycles. The smallest absolute Gasteiger partial charge is 0.265 e. The van der Waals surface area contributed by atoms with Crippen molar-refractivity contribution in [3.05, 3.63) is 82.9 Å². The minimum absolute atomic E-state index is 0.0730. The number of benzene rings is 3. The fraction of sp³-hybridized carbons (Fsp3) is 0.208. The minimum atomic E-state index is -3.77. The van der Waals surface area contributed by atoms with Gasteiger partial charge in [0.2, 0.25) is 0 Å². The molecule has 3 rings (SSSR count). The molecule has 1 atom stereocenters. The number of amides is 1. The summed E-state index contributed by atoms with van der Waals surface area (Å²) in [5.41, 5.74) is 3.11. The number of hydrogen-bond donors (Lipinski definition) is 2. The van der Waals surface area contributed by atoms with E-state index < -0.39 is 16.1 Å². The van der Waals surface area contributed by atoms with Gasteiger partial charge in [0.15, 0.2) is 6.10 Å². The summed E-state index contributed by atoms with van der Waals surface area (Å²) in [6, 6.07) is 18.0. The van der Waals surface area contributed by atoms with Crippen molar-refractivity contribution in [2.75, 3.05) is 10.0 Å². The van der Waals surface area contributed by atoms with Gasteiger partial charge < -0.3 is 10.1 Å². The van der Waals surface area contributed by atoms with Gasteiger partial charge in [0.05, 0.1) is 4.90 Å². The molecule has 0 fully saturated rings. The first-order valence-corrected chi connectivity index (χ1v) is 12.0. The van der Waals surface area contributed by atoms with Crippen molar-refractivity contribution in [3.63, 3.8) is 0 Å². The molecule has 8 heteroatoms. The van der Waals surface area contributed by atoms with Gasteiger partial charge in [0.25, 0.3) is 15.9 Å². The third-order valence-electron chi connectivity index (χ3n) is 4.95. The molecule has 1 amide bonds. The molecule has 0 aliphatic heterocycles. The molecule has 0 bridgehead atoms. The normalized spacial score (nSPS) is 12.1. The van der Waals surface area contributed by atoms with Crippen LogP contribution in [0.15, 0.2) is 71.6 Å². The van der Waals surface area contributed by atoms with Crippen LogP contribution in [0.1, 0.15) is 24.5 Å². The van der Waals surface area contributed by atoms with Crippen LogP contribution in [0.2, 0.25) is 5.02 Å². The van der Waals surface area contributed by atoms with E-state index in [1.807, 2.05) is 39.0 Å². The third-order valence-corrected chi connectivity index (χ3v) is 6.60. The molecule has 32 heavy (non-hydrogen) atoms. The Morgan fingerprint density at radius 1 is 0.938 bits per heavy atom. The topological polar surface area (TPSA) is 84.5 Å². The second-order valence-corrected chi connectivity index (χ2v) is 9.51. The van der Waals surface area contributed by atoms with Crippen LogP contribution < -0.4 is 14.8 Å². The Balaban J connectivity index is 1.66. The summed E-state index contributed by atoms with van der Waals surface area (Å²) >= 11 is 5.83. The average Bonchev–Trinajstić information content (AvgIpc) is 2.76. The predicted molar refractivity (Wildman–Crippen MR) is 128 cm³/mol. The van der Waals surface area contributed by atoms with Crippen LogP contribution in [0.25, 0.3) is 0 Å². The zero-order valence-corrected chi connectivity index (χ0v) is 19.6. The molecule has 0 radical (unpaired) electrons. The lowest BCUT2D eigenvalue weighted by atomic mass is 10.1. The Labute approximate surface area is 193 Å². The molecule has 0 saturated heterocycles. The Bertz CT molecular complexity index is 1190. The van der Waals surface area contributed by atoms with E-state index >= 15 is 0 Å². The Hall–Kier alpha value is -3.03. The molecule has 0 unspecified atom stereocenters. The lowest BCUT2D eigenvalue weighted by Gasteiger charge is -2.18. The van der Waals surface area contributed by atoms with Gasteiger partial charge in [0, 0.05) is 16.4 Å². The third kappa shape index (κ3) is 6.02. The van der Waals surface area contributed by atoms with E-state index in [2.05, 4.69) is 10.0 Å². The highest BCUT2D eigenvalue weighted by molar-refractivity contribution is 7.92. The number of anilines is 2. The SMILES string of the molecule is CC[C@@H](Oc1ccc(C)c(C)c1)C(=O)Nc1ccc(S(=O)(=O)Nc2ccc(Cl)cc2)cc1. The lowest BCUT2D eigenvalue weighted by molar-refractivity contribution is -0.122. The van der Waals surface area contributed by atoms with E-state index in [9.17, 15) is 13.2 Å². The van der Waals surface area contributed by atoms with E-state index in [1.54, 1.807) is 24.3 Å². The van der Waals surface area contributed by atoms with Gasteiger partial charge in [-0.2, -0.15) is 0 Å². The molecule has 6 nitrogen and oxygen atoms in total. The zero-order valence-electron chi connectivity index (χ0n) is 18.1. The van der Waals surface area contributed by atoms with E-state index in [-0.39, 0.29) is 10.8 Å². The molecule has 0 aliphatic carbocycles. The number of nitrogens with one attached hydrogen (secondary N) is 2. The molecule has 168 valence electrons. The Morgan fingerprint density at radius 2 is 1.56 bits per heavy atom. The Morgan fingerprint density at radius 3 is 2.16 bits per heavy atom. The first kappa shape index (κ1) is 23.6. The summed E-state index contributed by atoms with van der Waals surface area (Å²) in [4.78, 5) is 12.7. The summed E-state index contributed by atoms with van der Waals surface area (Å²) in [6.07, 6.45) is -0.192. The van der Waals surface area contributed by atoms with Gasteiger partial charge in [-0.3, -0.25) is 9.52 Å². The predicted octanol–water partition coefficient (Wildman–Crippen LogP) is 5.55. The van der Waals surface area contributed by atoms with Crippen LogP contribution in [-0.2, 0) is 14.8 Å². The van der Waals surface area contributed by atoms with Crippen molar-refractivity contribution >= 4 is 38.9 Å². The largest absolute Gasteiger partial charge is 0.481 e. The van der Waals surface area contributed by atoms with Crippen molar-refractivity contribution < 1.29 is 17.9 Å². The number of carbonyl (C=O) groups excluding carboxylic acids is 1. The maximum atomic E-state index is 12.7. The number of carbonyl (C=O) groups is 1. The van der Waals surface area contributed by atoms with Crippen LogP contribution in [-0.4, -0.2) is 20.4 Å². The van der Waals surface area contributed by atoms with Crippen LogP contribution in [0, 0.1) is 13.8 Å². The number of aryl methyl sites for hydroxylation is 2. The summed E-state index contributed by atoms with van der Waals surface area (Å²) in [7, 11) is -3.77. The van der Waals surface area contributed by atoms with Gasteiger partial charge in [-0.05, 0) is 92.1 Å². The van der Waals surface area contributed by atoms with Crippen molar-refractivity contribution in [2.45, 2.75) is 38.2 Å². The van der Waals surface area contributed by atoms with Gasteiger partial charge in [-0.15, -0.1) is 0 Å². The van der Waals surface area contributed by atoms with E-state index in [0.717, 1.165) is 11.1 Å². The van der Waals surface area contributed by atoms with Gasteiger partial charge in [-0.25, -0.2) is 8.42 Å². The van der Waals surface area contributed by atoms with Crippen LogP contribution >= 0.6 is 11.6 Å². The van der Waals surface area contributed by atoms with E-state index in [0.29, 0.717) is 28.6 Å². The first-order chi connectivity index (χ1) is 15.2. The van der Waals surface area contributed by atoms with Gasteiger partial charge >= 0.3 is 0 Å². The molecule has 0 aliphatic rings. The number of sulfonamides is 1. The summed E-state index contributed by atoms with van der Waals surface area (Å²) in [5.74, 6) is 0.324. The van der Waals surface area contributed by atoms with Crippen molar-refractivity contribution in [1.29, 1.82) is 0 Å². The minimum Gasteiger partial charge on any atom is -0.481 e. The monoisotopic (exact) mass is 472 g/mol. The van der Waals surface area contributed by atoms with Crippen molar-refractivity contribution in [2.24, 2.45) is 0 Å². The quantitative estimate of drug-likeness (QED) is 0.450. The van der Waals surface area contributed by atoms with Crippen LogP contribution in [0.4, 0.5) is 11.4 Å². The highest BCUT2D eigenvalue weighted by atomic mass is 35.5. The van der Waals surface area contributed by atoms with Crippen LogP contribution in [0.3, 0.4) is 0 Å². The average molecular weight is 473 g/mol. The fourth-order valence-electron chi connectivity index (χ4n) is 2.95. The zero-order chi connectivity index (χ0) is 23.3. The van der Waals surface area contributed by atoms with E-state index in [4.69, 9.17) is 16.3 Å². The second kappa shape index (κ2) is 10.1. The molecule has 2 N–H and O–H groups in total. The number of ether oxygens (including phenoxy) is 1. The highest BCUT2D eigenvalue weighted by Crippen LogP contribution is 2.22. The number of halogens is 1. The lowest BCUT2D eigenvalue weighted by Crippen LogP contribution is -2.32. The number of hydrogen-bond acceptors (Lipinski definition) is 4. The highest BCUT2D eigenvalue weighted by Gasteiger charge is 2.20.